The molecule has 0 bridgehead atoms. The lowest BCUT2D eigenvalue weighted by molar-refractivity contribution is 0.143. The van der Waals surface area contributed by atoms with Crippen molar-refractivity contribution in [1.82, 2.24) is 14.7 Å². The third-order valence-electron chi connectivity index (χ3n) is 3.42. The Labute approximate surface area is 163 Å². The standard InChI is InChI=1S/C17H21N5O5S/c1-25-8-7-20-28(23,24)15-5-3-14(4-6-15)21-17-19-12-13(11-18)16(22-17)27-10-9-26-2/h3-6,12,20H,7-10H2,1-2H3,(H,19,21,22). The third-order valence-corrected chi connectivity index (χ3v) is 4.90. The van der Waals surface area contributed by atoms with E-state index in [9.17, 15) is 8.42 Å². The van der Waals surface area contributed by atoms with Gasteiger partial charge in [-0.15, -0.1) is 0 Å². The summed E-state index contributed by atoms with van der Waals surface area (Å²) in [5.41, 5.74) is 0.772. The molecule has 0 aliphatic carbocycles. The average Bonchev–Trinajstić information content (AvgIpc) is 2.69. The van der Waals surface area contributed by atoms with Crippen molar-refractivity contribution in [2.75, 3.05) is 45.9 Å². The molecule has 0 amide bonds. The first kappa shape index (κ1) is 21.5. The molecule has 0 saturated carbocycles. The number of nitrogens with zero attached hydrogens (tertiary/aromatic N) is 3. The topological polar surface area (TPSA) is 135 Å². The van der Waals surface area contributed by atoms with Crippen molar-refractivity contribution in [2.24, 2.45) is 0 Å². The lowest BCUT2D eigenvalue weighted by atomic mass is 10.3. The van der Waals surface area contributed by atoms with Gasteiger partial charge >= 0.3 is 0 Å². The summed E-state index contributed by atoms with van der Waals surface area (Å²) in [6, 6.07) is 8.03. The molecule has 10 nitrogen and oxygen atoms in total. The smallest absolute Gasteiger partial charge is 0.240 e. The van der Waals surface area contributed by atoms with Crippen molar-refractivity contribution in [3.63, 3.8) is 0 Å². The first-order chi connectivity index (χ1) is 13.5. The van der Waals surface area contributed by atoms with Gasteiger partial charge in [0.2, 0.25) is 21.9 Å². The molecule has 11 heteroatoms. The van der Waals surface area contributed by atoms with E-state index in [4.69, 9.17) is 19.5 Å². The number of sulfonamides is 1. The van der Waals surface area contributed by atoms with Crippen LogP contribution in [0.5, 0.6) is 5.88 Å². The van der Waals surface area contributed by atoms with Crippen LogP contribution in [0.2, 0.25) is 0 Å². The van der Waals surface area contributed by atoms with Crippen molar-refractivity contribution in [1.29, 1.82) is 5.26 Å². The zero-order valence-corrected chi connectivity index (χ0v) is 16.3. The van der Waals surface area contributed by atoms with Crippen LogP contribution in [-0.4, -0.2) is 59.0 Å². The minimum atomic E-state index is -3.61. The Balaban J connectivity index is 2.09. The van der Waals surface area contributed by atoms with Crippen molar-refractivity contribution in [3.8, 4) is 11.9 Å². The van der Waals surface area contributed by atoms with Crippen LogP contribution in [0.15, 0.2) is 35.4 Å². The van der Waals surface area contributed by atoms with Crippen molar-refractivity contribution < 1.29 is 22.6 Å². The molecule has 1 heterocycles. The van der Waals surface area contributed by atoms with E-state index in [1.54, 1.807) is 19.2 Å². The molecule has 0 saturated heterocycles. The van der Waals surface area contributed by atoms with Crippen LogP contribution in [0, 0.1) is 11.3 Å². The molecule has 1 aromatic heterocycles. The SMILES string of the molecule is COCCNS(=O)(=O)c1ccc(Nc2ncc(C#N)c(OCCOC)n2)cc1. The predicted molar refractivity (Wildman–Crippen MR) is 101 cm³/mol. The van der Waals surface area contributed by atoms with E-state index in [2.05, 4.69) is 20.0 Å². The Hall–Kier alpha value is -2.78. The molecule has 1 aromatic carbocycles. The summed E-state index contributed by atoms with van der Waals surface area (Å²) in [4.78, 5) is 8.34. The van der Waals surface area contributed by atoms with Gasteiger partial charge in [0, 0.05) is 26.5 Å². The summed E-state index contributed by atoms with van der Waals surface area (Å²) in [6.07, 6.45) is 1.34. The summed E-state index contributed by atoms with van der Waals surface area (Å²) in [5, 5.41) is 12.0. The minimum absolute atomic E-state index is 0.124. The lowest BCUT2D eigenvalue weighted by Crippen LogP contribution is -2.27. The van der Waals surface area contributed by atoms with Gasteiger partial charge in [0.1, 0.15) is 18.2 Å². The molecular weight excluding hydrogens is 386 g/mol. The highest BCUT2D eigenvalue weighted by molar-refractivity contribution is 7.89. The number of nitriles is 1. The van der Waals surface area contributed by atoms with Gasteiger partial charge in [-0.05, 0) is 24.3 Å². The second-order valence-corrected chi connectivity index (χ2v) is 7.17. The highest BCUT2D eigenvalue weighted by atomic mass is 32.2. The van der Waals surface area contributed by atoms with Gasteiger partial charge < -0.3 is 19.5 Å². The molecule has 150 valence electrons. The third kappa shape index (κ3) is 6.14. The van der Waals surface area contributed by atoms with Gasteiger partial charge in [0.15, 0.2) is 0 Å². The highest BCUT2D eigenvalue weighted by Crippen LogP contribution is 2.20. The molecule has 0 fully saturated rings. The summed E-state index contributed by atoms with van der Waals surface area (Å²) >= 11 is 0. The minimum Gasteiger partial charge on any atom is -0.474 e. The van der Waals surface area contributed by atoms with Crippen LogP contribution in [-0.2, 0) is 19.5 Å². The molecule has 0 aliphatic heterocycles. The first-order valence-corrected chi connectivity index (χ1v) is 9.73. The van der Waals surface area contributed by atoms with Gasteiger partial charge in [0.05, 0.1) is 24.3 Å². The number of ether oxygens (including phenoxy) is 3. The Bertz CT molecular complexity index is 913. The number of methoxy groups -OCH3 is 2. The Morgan fingerprint density at radius 2 is 1.82 bits per heavy atom. The van der Waals surface area contributed by atoms with Crippen LogP contribution < -0.4 is 14.8 Å². The van der Waals surface area contributed by atoms with Gasteiger partial charge in [-0.25, -0.2) is 18.1 Å². The maximum absolute atomic E-state index is 12.1. The fourth-order valence-corrected chi connectivity index (χ4v) is 3.06. The first-order valence-electron chi connectivity index (χ1n) is 8.24. The Morgan fingerprint density at radius 1 is 1.11 bits per heavy atom. The van der Waals surface area contributed by atoms with E-state index in [1.165, 1.54) is 25.4 Å². The fourth-order valence-electron chi connectivity index (χ4n) is 2.04. The van der Waals surface area contributed by atoms with E-state index in [0.29, 0.717) is 12.3 Å². The van der Waals surface area contributed by atoms with Gasteiger partial charge in [0.25, 0.3) is 0 Å². The monoisotopic (exact) mass is 407 g/mol. The summed E-state index contributed by atoms with van der Waals surface area (Å²) < 4.78 is 41.9. The average molecular weight is 407 g/mol. The quantitative estimate of drug-likeness (QED) is 0.524. The van der Waals surface area contributed by atoms with Crippen molar-refractivity contribution >= 4 is 21.7 Å². The van der Waals surface area contributed by atoms with Crippen LogP contribution in [0.3, 0.4) is 0 Å². The van der Waals surface area contributed by atoms with Crippen LogP contribution in [0.4, 0.5) is 11.6 Å². The van der Waals surface area contributed by atoms with E-state index < -0.39 is 10.0 Å². The van der Waals surface area contributed by atoms with Crippen LogP contribution in [0.1, 0.15) is 5.56 Å². The number of hydrogen-bond donors (Lipinski definition) is 2. The van der Waals surface area contributed by atoms with Gasteiger partial charge in [-0.3, -0.25) is 0 Å². The molecule has 2 rings (SSSR count). The zero-order valence-electron chi connectivity index (χ0n) is 15.5. The summed E-state index contributed by atoms with van der Waals surface area (Å²) in [6.45, 7) is 1.06. The number of rotatable bonds is 11. The summed E-state index contributed by atoms with van der Waals surface area (Å²) in [7, 11) is -0.573. The van der Waals surface area contributed by atoms with Gasteiger partial charge in [-0.2, -0.15) is 10.2 Å². The molecule has 28 heavy (non-hydrogen) atoms. The molecule has 0 atom stereocenters. The molecule has 2 aromatic rings. The molecule has 0 aliphatic rings. The maximum Gasteiger partial charge on any atom is 0.240 e. The molecular formula is C17H21N5O5S. The van der Waals surface area contributed by atoms with E-state index in [1.807, 2.05) is 6.07 Å². The number of anilines is 2. The molecule has 2 N–H and O–H groups in total. The second-order valence-electron chi connectivity index (χ2n) is 5.41. The van der Waals surface area contributed by atoms with E-state index in [0.717, 1.165) is 0 Å². The second kappa shape index (κ2) is 10.5. The van der Waals surface area contributed by atoms with E-state index >= 15 is 0 Å². The molecule has 0 spiro atoms. The molecule has 0 radical (unpaired) electrons. The summed E-state index contributed by atoms with van der Waals surface area (Å²) in [5.74, 6) is 0.346. The van der Waals surface area contributed by atoms with Crippen molar-refractivity contribution in [3.05, 3.63) is 36.0 Å². The lowest BCUT2D eigenvalue weighted by Gasteiger charge is -2.10. The largest absolute Gasteiger partial charge is 0.474 e. The number of nitrogens with one attached hydrogen (secondary N) is 2. The van der Waals surface area contributed by atoms with Gasteiger partial charge in [-0.1, -0.05) is 0 Å². The highest BCUT2D eigenvalue weighted by Gasteiger charge is 2.13. The fraction of sp³-hybridized carbons (Fsp3) is 0.353. The molecule has 0 unspecified atom stereocenters. The zero-order chi connectivity index (χ0) is 20.4. The predicted octanol–water partition coefficient (Wildman–Crippen LogP) is 1.04. The maximum atomic E-state index is 12.1. The van der Waals surface area contributed by atoms with Crippen LogP contribution in [0.25, 0.3) is 0 Å². The normalized spacial score (nSPS) is 11.0. The van der Waals surface area contributed by atoms with E-state index in [-0.39, 0.29) is 42.0 Å². The number of benzene rings is 1. The number of hydrogen-bond acceptors (Lipinski definition) is 9. The van der Waals surface area contributed by atoms with Crippen molar-refractivity contribution in [2.45, 2.75) is 4.90 Å². The Kier molecular flexibility index (Phi) is 8.09. The number of aromatic nitrogens is 2. The van der Waals surface area contributed by atoms with Crippen LogP contribution >= 0.6 is 0 Å². The Morgan fingerprint density at radius 3 is 2.46 bits per heavy atom.